The van der Waals surface area contributed by atoms with Crippen LogP contribution in [0.1, 0.15) is 33.6 Å². The standard InChI is InChI=1S/C13H23NO3/c1-5-12(15)14(6-2)9-7-8-10-17-13(16)11(3)4/h5,11H,1,6-10H2,2-4H3. The topological polar surface area (TPSA) is 46.6 Å². The van der Waals surface area contributed by atoms with Gasteiger partial charge in [0.25, 0.3) is 0 Å². The molecule has 4 heteroatoms. The monoisotopic (exact) mass is 241 g/mol. The molecule has 0 aliphatic rings. The third kappa shape index (κ3) is 6.76. The van der Waals surface area contributed by atoms with Crippen molar-refractivity contribution in [3.8, 4) is 0 Å². The smallest absolute Gasteiger partial charge is 0.308 e. The number of ether oxygens (including phenoxy) is 1. The maximum absolute atomic E-state index is 11.3. The van der Waals surface area contributed by atoms with Gasteiger partial charge in [-0.2, -0.15) is 0 Å². The van der Waals surface area contributed by atoms with Crippen LogP contribution in [0.15, 0.2) is 12.7 Å². The summed E-state index contributed by atoms with van der Waals surface area (Å²) >= 11 is 0. The predicted octanol–water partition coefficient (Wildman–Crippen LogP) is 2.00. The van der Waals surface area contributed by atoms with E-state index in [2.05, 4.69) is 6.58 Å². The zero-order valence-corrected chi connectivity index (χ0v) is 11.1. The van der Waals surface area contributed by atoms with Gasteiger partial charge in [0, 0.05) is 13.1 Å². The van der Waals surface area contributed by atoms with E-state index in [0.29, 0.717) is 19.7 Å². The van der Waals surface area contributed by atoms with Crippen molar-refractivity contribution >= 4 is 11.9 Å². The largest absolute Gasteiger partial charge is 0.465 e. The molecule has 0 radical (unpaired) electrons. The Labute approximate surface area is 104 Å². The highest BCUT2D eigenvalue weighted by Crippen LogP contribution is 2.00. The van der Waals surface area contributed by atoms with Crippen LogP contribution < -0.4 is 0 Å². The number of amides is 1. The van der Waals surface area contributed by atoms with Crippen LogP contribution in [0, 0.1) is 5.92 Å². The van der Waals surface area contributed by atoms with Gasteiger partial charge >= 0.3 is 5.97 Å². The van der Waals surface area contributed by atoms with Crippen LogP contribution in [0.25, 0.3) is 0 Å². The highest BCUT2D eigenvalue weighted by Gasteiger charge is 2.09. The molecule has 0 aromatic carbocycles. The lowest BCUT2D eigenvalue weighted by atomic mass is 10.2. The van der Waals surface area contributed by atoms with Crippen LogP contribution in [0.4, 0.5) is 0 Å². The summed E-state index contributed by atoms with van der Waals surface area (Å²) in [5.74, 6) is -0.296. The van der Waals surface area contributed by atoms with Crippen LogP contribution in [-0.2, 0) is 14.3 Å². The number of hydrogen-bond acceptors (Lipinski definition) is 3. The van der Waals surface area contributed by atoms with Crippen molar-refractivity contribution in [3.63, 3.8) is 0 Å². The number of hydrogen-bond donors (Lipinski definition) is 0. The number of esters is 1. The van der Waals surface area contributed by atoms with E-state index in [-0.39, 0.29) is 17.8 Å². The molecular weight excluding hydrogens is 218 g/mol. The number of carbonyl (C=O) groups is 2. The minimum Gasteiger partial charge on any atom is -0.465 e. The minimum atomic E-state index is -0.167. The second-order valence-electron chi connectivity index (χ2n) is 4.15. The molecule has 98 valence electrons. The number of carbonyl (C=O) groups excluding carboxylic acids is 2. The van der Waals surface area contributed by atoms with Crippen molar-refractivity contribution in [2.45, 2.75) is 33.6 Å². The first kappa shape index (κ1) is 15.7. The van der Waals surface area contributed by atoms with Crippen molar-refractivity contribution in [1.82, 2.24) is 4.90 Å². The second kappa shape index (κ2) is 8.79. The fourth-order valence-electron chi connectivity index (χ4n) is 1.30. The summed E-state index contributed by atoms with van der Waals surface area (Å²) in [5.41, 5.74) is 0. The molecule has 0 saturated carbocycles. The molecule has 17 heavy (non-hydrogen) atoms. The summed E-state index contributed by atoms with van der Waals surface area (Å²) in [5, 5.41) is 0. The Balaban J connectivity index is 3.66. The van der Waals surface area contributed by atoms with Gasteiger partial charge in [0.2, 0.25) is 5.91 Å². The molecule has 0 rings (SSSR count). The van der Waals surface area contributed by atoms with Crippen LogP contribution >= 0.6 is 0 Å². The lowest BCUT2D eigenvalue weighted by Gasteiger charge is -2.18. The molecule has 4 nitrogen and oxygen atoms in total. The van der Waals surface area contributed by atoms with Gasteiger partial charge in [0.15, 0.2) is 0 Å². The Kier molecular flexibility index (Phi) is 8.11. The highest BCUT2D eigenvalue weighted by atomic mass is 16.5. The van der Waals surface area contributed by atoms with E-state index in [1.807, 2.05) is 20.8 Å². The summed E-state index contributed by atoms with van der Waals surface area (Å²) in [6.07, 6.45) is 2.93. The first-order valence-electron chi connectivity index (χ1n) is 6.10. The first-order valence-corrected chi connectivity index (χ1v) is 6.10. The summed E-state index contributed by atoms with van der Waals surface area (Å²) in [6, 6.07) is 0. The Bertz CT molecular complexity index is 261. The Morgan fingerprint density at radius 2 is 2.00 bits per heavy atom. The average molecular weight is 241 g/mol. The molecule has 0 heterocycles. The molecule has 0 saturated heterocycles. The number of rotatable bonds is 8. The van der Waals surface area contributed by atoms with Gasteiger partial charge in [-0.15, -0.1) is 0 Å². The van der Waals surface area contributed by atoms with Crippen LogP contribution in [0.3, 0.4) is 0 Å². The van der Waals surface area contributed by atoms with Crippen LogP contribution in [-0.4, -0.2) is 36.5 Å². The molecular formula is C13H23NO3. The normalized spacial score (nSPS) is 10.1. The Morgan fingerprint density at radius 3 is 2.47 bits per heavy atom. The van der Waals surface area contributed by atoms with E-state index in [4.69, 9.17) is 4.74 Å². The zero-order valence-electron chi connectivity index (χ0n) is 11.1. The van der Waals surface area contributed by atoms with Crippen molar-refractivity contribution in [3.05, 3.63) is 12.7 Å². The molecule has 1 amide bonds. The van der Waals surface area contributed by atoms with Gasteiger partial charge in [0.1, 0.15) is 0 Å². The van der Waals surface area contributed by atoms with Gasteiger partial charge in [-0.05, 0) is 25.8 Å². The molecule has 0 fully saturated rings. The molecule has 0 N–H and O–H groups in total. The maximum atomic E-state index is 11.3. The quantitative estimate of drug-likeness (QED) is 0.371. The summed E-state index contributed by atoms with van der Waals surface area (Å²) in [4.78, 5) is 24.2. The SMILES string of the molecule is C=CC(=O)N(CC)CCCCOC(=O)C(C)C. The van der Waals surface area contributed by atoms with Crippen LogP contribution in [0.5, 0.6) is 0 Å². The lowest BCUT2D eigenvalue weighted by Crippen LogP contribution is -2.30. The van der Waals surface area contributed by atoms with Crippen molar-refractivity contribution in [2.75, 3.05) is 19.7 Å². The number of nitrogens with zero attached hydrogens (tertiary/aromatic N) is 1. The average Bonchev–Trinajstić information content (AvgIpc) is 2.32. The van der Waals surface area contributed by atoms with E-state index in [1.54, 1.807) is 4.90 Å². The Hall–Kier alpha value is -1.32. The van der Waals surface area contributed by atoms with Gasteiger partial charge in [-0.1, -0.05) is 20.4 Å². The Morgan fingerprint density at radius 1 is 1.35 bits per heavy atom. The van der Waals surface area contributed by atoms with E-state index in [0.717, 1.165) is 12.8 Å². The number of unbranched alkanes of at least 4 members (excludes halogenated alkanes) is 1. The van der Waals surface area contributed by atoms with Crippen molar-refractivity contribution in [1.29, 1.82) is 0 Å². The van der Waals surface area contributed by atoms with E-state index in [9.17, 15) is 9.59 Å². The highest BCUT2D eigenvalue weighted by molar-refractivity contribution is 5.86. The first-order chi connectivity index (χ1) is 8.02. The summed E-state index contributed by atoms with van der Waals surface area (Å²) < 4.78 is 5.04. The van der Waals surface area contributed by atoms with E-state index in [1.165, 1.54) is 6.08 Å². The third-order valence-electron chi connectivity index (χ3n) is 2.41. The van der Waals surface area contributed by atoms with Gasteiger partial charge in [0.05, 0.1) is 12.5 Å². The maximum Gasteiger partial charge on any atom is 0.308 e. The summed E-state index contributed by atoms with van der Waals surface area (Å²) in [7, 11) is 0. The zero-order chi connectivity index (χ0) is 13.3. The second-order valence-corrected chi connectivity index (χ2v) is 4.15. The van der Waals surface area contributed by atoms with Gasteiger partial charge in [-0.25, -0.2) is 0 Å². The molecule has 0 aliphatic heterocycles. The summed E-state index contributed by atoms with van der Waals surface area (Å²) in [6.45, 7) is 10.8. The molecule has 0 aliphatic carbocycles. The molecule has 0 atom stereocenters. The minimum absolute atomic E-state index is 0.0494. The van der Waals surface area contributed by atoms with Crippen LogP contribution in [0.2, 0.25) is 0 Å². The van der Waals surface area contributed by atoms with Gasteiger partial charge < -0.3 is 9.64 Å². The number of likely N-dealkylation sites (N-methyl/N-ethyl adjacent to an activating group) is 1. The van der Waals surface area contributed by atoms with E-state index < -0.39 is 0 Å². The molecule has 0 unspecified atom stereocenters. The lowest BCUT2D eigenvalue weighted by molar-refractivity contribution is -0.147. The van der Waals surface area contributed by atoms with Crippen molar-refractivity contribution < 1.29 is 14.3 Å². The third-order valence-corrected chi connectivity index (χ3v) is 2.41. The van der Waals surface area contributed by atoms with Crippen molar-refractivity contribution in [2.24, 2.45) is 5.92 Å². The molecule has 0 aromatic heterocycles. The van der Waals surface area contributed by atoms with Gasteiger partial charge in [-0.3, -0.25) is 9.59 Å². The fraction of sp³-hybridized carbons (Fsp3) is 0.692. The van der Waals surface area contributed by atoms with E-state index >= 15 is 0 Å². The molecule has 0 spiro atoms. The fourth-order valence-corrected chi connectivity index (χ4v) is 1.30. The molecule has 0 aromatic rings. The molecule has 0 bridgehead atoms. The predicted molar refractivity (Wildman–Crippen MR) is 67.5 cm³/mol.